The highest BCUT2D eigenvalue weighted by Gasteiger charge is 2.14. The molecule has 1 aromatic heterocycles. The Morgan fingerprint density at radius 1 is 1.18 bits per heavy atom. The van der Waals surface area contributed by atoms with Gasteiger partial charge in [-0.3, -0.25) is 0 Å². The molecule has 0 radical (unpaired) electrons. The van der Waals surface area contributed by atoms with E-state index < -0.39 is 0 Å². The fourth-order valence-corrected chi connectivity index (χ4v) is 3.03. The minimum absolute atomic E-state index is 0.599. The van der Waals surface area contributed by atoms with E-state index in [1.165, 1.54) is 28.0 Å². The zero-order valence-electron chi connectivity index (χ0n) is 10.2. The number of rotatable bonds is 1. The number of nitrogens with two attached hydrogens (primary N) is 1. The predicted molar refractivity (Wildman–Crippen MR) is 73.1 cm³/mol. The molecule has 0 fully saturated rings. The van der Waals surface area contributed by atoms with Crippen LogP contribution in [-0.4, -0.2) is 0 Å². The normalized spacial score (nSPS) is 10.2. The summed E-state index contributed by atoms with van der Waals surface area (Å²) in [4.78, 5) is 0. The van der Waals surface area contributed by atoms with Gasteiger partial charge in [0, 0.05) is 10.9 Å². The molecule has 0 aliphatic carbocycles. The molecule has 86 valence electrons. The second kappa shape index (κ2) is 4.23. The first-order valence-corrected chi connectivity index (χ1v) is 6.28. The third-order valence-corrected chi connectivity index (χ3v) is 3.69. The summed E-state index contributed by atoms with van der Waals surface area (Å²) < 4.78 is 0. The smallest absolute Gasteiger partial charge is 0.104 e. The molecule has 2 rings (SSSR count). The number of anilines is 1. The van der Waals surface area contributed by atoms with Crippen molar-refractivity contribution in [2.75, 3.05) is 5.73 Å². The average Bonchev–Trinajstić information content (AvgIpc) is 2.58. The van der Waals surface area contributed by atoms with Crippen LogP contribution in [-0.2, 0) is 0 Å². The molecular formula is C14H14N2S. The van der Waals surface area contributed by atoms with E-state index >= 15 is 0 Å². The van der Waals surface area contributed by atoms with Crippen LogP contribution in [0.2, 0.25) is 0 Å². The molecule has 1 aromatic carbocycles. The maximum absolute atomic E-state index is 9.16. The van der Waals surface area contributed by atoms with E-state index in [2.05, 4.69) is 39.0 Å². The quantitative estimate of drug-likeness (QED) is 0.827. The molecule has 0 saturated heterocycles. The number of nitrogens with zero attached hydrogens (tertiary/aromatic N) is 1. The summed E-state index contributed by atoms with van der Waals surface area (Å²) >= 11 is 1.43. The monoisotopic (exact) mass is 242 g/mol. The summed E-state index contributed by atoms with van der Waals surface area (Å²) in [6.45, 7) is 6.23. The largest absolute Gasteiger partial charge is 0.389 e. The van der Waals surface area contributed by atoms with Crippen molar-refractivity contribution in [3.05, 3.63) is 39.8 Å². The molecule has 0 bridgehead atoms. The van der Waals surface area contributed by atoms with E-state index in [0.29, 0.717) is 10.6 Å². The van der Waals surface area contributed by atoms with Crippen molar-refractivity contribution in [1.82, 2.24) is 0 Å². The molecule has 0 spiro atoms. The van der Waals surface area contributed by atoms with Crippen LogP contribution in [0.25, 0.3) is 11.1 Å². The molecule has 2 aromatic rings. The number of hydrogen-bond donors (Lipinski definition) is 1. The van der Waals surface area contributed by atoms with Gasteiger partial charge >= 0.3 is 0 Å². The molecule has 0 aliphatic heterocycles. The fraction of sp³-hybridized carbons (Fsp3) is 0.214. The third-order valence-electron chi connectivity index (χ3n) is 2.88. The van der Waals surface area contributed by atoms with Crippen molar-refractivity contribution in [2.24, 2.45) is 0 Å². The lowest BCUT2D eigenvalue weighted by atomic mass is 9.93. The van der Waals surface area contributed by atoms with Crippen LogP contribution < -0.4 is 5.73 Å². The molecule has 0 unspecified atom stereocenters. The van der Waals surface area contributed by atoms with Crippen LogP contribution in [0.4, 0.5) is 5.00 Å². The summed E-state index contributed by atoms with van der Waals surface area (Å²) in [6.07, 6.45) is 0. The van der Waals surface area contributed by atoms with Gasteiger partial charge in [-0.1, -0.05) is 17.7 Å². The van der Waals surface area contributed by atoms with E-state index in [1.54, 1.807) is 0 Å². The molecule has 1 heterocycles. The Hall–Kier alpha value is -1.79. The van der Waals surface area contributed by atoms with Crippen molar-refractivity contribution in [2.45, 2.75) is 20.8 Å². The first kappa shape index (κ1) is 11.7. The Labute approximate surface area is 105 Å². The second-order valence-electron chi connectivity index (χ2n) is 4.27. The van der Waals surface area contributed by atoms with Crippen molar-refractivity contribution < 1.29 is 0 Å². The fourth-order valence-electron chi connectivity index (χ4n) is 2.28. The van der Waals surface area contributed by atoms with Gasteiger partial charge in [0.1, 0.15) is 11.1 Å². The maximum Gasteiger partial charge on any atom is 0.104 e. The maximum atomic E-state index is 9.16. The lowest BCUT2D eigenvalue weighted by Crippen LogP contribution is -1.92. The molecular weight excluding hydrogens is 228 g/mol. The van der Waals surface area contributed by atoms with Crippen LogP contribution in [0.5, 0.6) is 0 Å². The molecule has 17 heavy (non-hydrogen) atoms. The number of nitriles is 1. The van der Waals surface area contributed by atoms with Crippen molar-refractivity contribution in [3.8, 4) is 17.2 Å². The van der Waals surface area contributed by atoms with Gasteiger partial charge in [0.2, 0.25) is 0 Å². The van der Waals surface area contributed by atoms with E-state index in [0.717, 1.165) is 11.1 Å². The van der Waals surface area contributed by atoms with Crippen LogP contribution in [0, 0.1) is 32.1 Å². The van der Waals surface area contributed by atoms with E-state index in [-0.39, 0.29) is 0 Å². The zero-order valence-corrected chi connectivity index (χ0v) is 11.0. The number of aryl methyl sites for hydroxylation is 3. The molecule has 2 nitrogen and oxygen atoms in total. The molecule has 0 atom stereocenters. The van der Waals surface area contributed by atoms with Gasteiger partial charge in [-0.25, -0.2) is 0 Å². The SMILES string of the molecule is Cc1cc(C)c(-c2csc(N)c2C#N)c(C)c1. The number of nitrogen functional groups attached to an aromatic ring is 1. The first-order valence-electron chi connectivity index (χ1n) is 5.40. The van der Waals surface area contributed by atoms with Crippen molar-refractivity contribution >= 4 is 16.3 Å². The van der Waals surface area contributed by atoms with Crippen LogP contribution in [0.1, 0.15) is 22.3 Å². The summed E-state index contributed by atoms with van der Waals surface area (Å²) in [6, 6.07) is 6.47. The first-order chi connectivity index (χ1) is 8.04. The average molecular weight is 242 g/mol. The van der Waals surface area contributed by atoms with Gasteiger partial charge in [0.25, 0.3) is 0 Å². The van der Waals surface area contributed by atoms with Gasteiger partial charge < -0.3 is 5.73 Å². The van der Waals surface area contributed by atoms with Gasteiger partial charge in [-0.2, -0.15) is 5.26 Å². The highest BCUT2D eigenvalue weighted by atomic mass is 32.1. The Bertz CT molecular complexity index is 595. The lowest BCUT2D eigenvalue weighted by molar-refractivity contribution is 1.32. The van der Waals surface area contributed by atoms with E-state index in [1.807, 2.05) is 5.38 Å². The standard InChI is InChI=1S/C14H14N2S/c1-8-4-9(2)13(10(3)5-8)12-7-17-14(16)11(12)6-15/h4-5,7H,16H2,1-3H3. The van der Waals surface area contributed by atoms with Crippen molar-refractivity contribution in [3.63, 3.8) is 0 Å². The molecule has 3 heteroatoms. The molecule has 0 aliphatic rings. The molecule has 2 N–H and O–H groups in total. The van der Waals surface area contributed by atoms with Crippen LogP contribution in [0.15, 0.2) is 17.5 Å². The van der Waals surface area contributed by atoms with Crippen molar-refractivity contribution in [1.29, 1.82) is 5.26 Å². The van der Waals surface area contributed by atoms with E-state index in [9.17, 15) is 0 Å². The van der Waals surface area contributed by atoms with Gasteiger partial charge in [0.05, 0.1) is 5.56 Å². The molecule has 0 amide bonds. The predicted octanol–water partition coefficient (Wildman–Crippen LogP) is 3.79. The summed E-state index contributed by atoms with van der Waals surface area (Å²) in [5.41, 5.74) is 12.1. The zero-order chi connectivity index (χ0) is 12.6. The third kappa shape index (κ3) is 1.92. The second-order valence-corrected chi connectivity index (χ2v) is 5.19. The van der Waals surface area contributed by atoms with Gasteiger partial charge in [-0.15, -0.1) is 11.3 Å². The minimum atomic E-state index is 0.599. The van der Waals surface area contributed by atoms with E-state index in [4.69, 9.17) is 11.0 Å². The van der Waals surface area contributed by atoms with Crippen LogP contribution in [0.3, 0.4) is 0 Å². The highest BCUT2D eigenvalue weighted by Crippen LogP contribution is 2.36. The van der Waals surface area contributed by atoms with Crippen LogP contribution >= 0.6 is 11.3 Å². The van der Waals surface area contributed by atoms with Gasteiger partial charge in [0.15, 0.2) is 0 Å². The summed E-state index contributed by atoms with van der Waals surface area (Å²) in [5.74, 6) is 0. The summed E-state index contributed by atoms with van der Waals surface area (Å²) in [7, 11) is 0. The topological polar surface area (TPSA) is 49.8 Å². The lowest BCUT2D eigenvalue weighted by Gasteiger charge is -2.10. The Balaban J connectivity index is 2.74. The Kier molecular flexibility index (Phi) is 2.91. The number of thiophene rings is 1. The Morgan fingerprint density at radius 3 is 2.29 bits per heavy atom. The molecule has 0 saturated carbocycles. The Morgan fingerprint density at radius 2 is 1.76 bits per heavy atom. The minimum Gasteiger partial charge on any atom is -0.389 e. The number of benzene rings is 1. The summed E-state index contributed by atoms with van der Waals surface area (Å²) in [5, 5.41) is 11.7. The van der Waals surface area contributed by atoms with Gasteiger partial charge in [-0.05, 0) is 37.5 Å². The number of hydrogen-bond acceptors (Lipinski definition) is 3. The highest BCUT2D eigenvalue weighted by molar-refractivity contribution is 7.14.